The summed E-state index contributed by atoms with van der Waals surface area (Å²) in [4.78, 5) is 13.7. The Labute approximate surface area is 122 Å². The average Bonchev–Trinajstić information content (AvgIpc) is 2.44. The molecule has 1 aliphatic heterocycles. The SMILES string of the molecule is CCOCCN1CCN(Cc2cnc(C)cn2)C[C@@H]1C. The molecule has 0 aromatic carbocycles. The molecule has 20 heavy (non-hydrogen) atoms. The normalized spacial score (nSPS) is 21.2. The van der Waals surface area contributed by atoms with Gasteiger partial charge >= 0.3 is 0 Å². The van der Waals surface area contributed by atoms with Gasteiger partial charge < -0.3 is 4.74 Å². The molecule has 1 aromatic rings. The highest BCUT2D eigenvalue weighted by Crippen LogP contribution is 2.11. The number of aryl methyl sites for hydroxylation is 1. The minimum atomic E-state index is 0.572. The molecule has 2 rings (SSSR count). The van der Waals surface area contributed by atoms with E-state index in [0.29, 0.717) is 6.04 Å². The van der Waals surface area contributed by atoms with Crippen LogP contribution < -0.4 is 0 Å². The summed E-state index contributed by atoms with van der Waals surface area (Å²) in [5.74, 6) is 0. The lowest BCUT2D eigenvalue weighted by molar-refractivity contribution is 0.0461. The Morgan fingerprint density at radius 2 is 2.15 bits per heavy atom. The van der Waals surface area contributed by atoms with Gasteiger partial charge in [-0.05, 0) is 20.8 Å². The van der Waals surface area contributed by atoms with Crippen molar-refractivity contribution in [2.45, 2.75) is 33.4 Å². The summed E-state index contributed by atoms with van der Waals surface area (Å²) < 4.78 is 5.44. The highest BCUT2D eigenvalue weighted by Gasteiger charge is 2.23. The van der Waals surface area contributed by atoms with Crippen LogP contribution in [0, 0.1) is 6.92 Å². The fourth-order valence-electron chi connectivity index (χ4n) is 2.60. The quantitative estimate of drug-likeness (QED) is 0.734. The second-order valence-corrected chi connectivity index (χ2v) is 5.47. The van der Waals surface area contributed by atoms with Crippen molar-refractivity contribution in [2.24, 2.45) is 0 Å². The van der Waals surface area contributed by atoms with Gasteiger partial charge in [0, 0.05) is 57.8 Å². The number of hydrogen-bond donors (Lipinski definition) is 0. The predicted octanol–water partition coefficient (Wildman–Crippen LogP) is 1.33. The van der Waals surface area contributed by atoms with Crippen LogP contribution in [0.5, 0.6) is 0 Å². The van der Waals surface area contributed by atoms with Crippen molar-refractivity contribution in [2.75, 3.05) is 39.4 Å². The van der Waals surface area contributed by atoms with Gasteiger partial charge in [0.15, 0.2) is 0 Å². The lowest BCUT2D eigenvalue weighted by Crippen LogP contribution is -2.52. The van der Waals surface area contributed by atoms with Crippen LogP contribution in [0.25, 0.3) is 0 Å². The van der Waals surface area contributed by atoms with Crippen LogP contribution in [0.4, 0.5) is 0 Å². The van der Waals surface area contributed by atoms with E-state index < -0.39 is 0 Å². The van der Waals surface area contributed by atoms with E-state index >= 15 is 0 Å². The van der Waals surface area contributed by atoms with Crippen LogP contribution in [-0.2, 0) is 11.3 Å². The third-order valence-electron chi connectivity index (χ3n) is 3.80. The molecule has 0 radical (unpaired) electrons. The van der Waals surface area contributed by atoms with Gasteiger partial charge in [0.1, 0.15) is 0 Å². The number of piperazine rings is 1. The number of aromatic nitrogens is 2. The molecule has 1 fully saturated rings. The van der Waals surface area contributed by atoms with Gasteiger partial charge in [-0.2, -0.15) is 0 Å². The zero-order valence-electron chi connectivity index (χ0n) is 12.9. The first-order valence-electron chi connectivity index (χ1n) is 7.50. The second-order valence-electron chi connectivity index (χ2n) is 5.47. The van der Waals surface area contributed by atoms with Crippen LogP contribution in [0.3, 0.4) is 0 Å². The summed E-state index contributed by atoms with van der Waals surface area (Å²) in [5.41, 5.74) is 2.04. The molecule has 0 aliphatic carbocycles. The summed E-state index contributed by atoms with van der Waals surface area (Å²) in [6.07, 6.45) is 3.73. The summed E-state index contributed by atoms with van der Waals surface area (Å²) in [6.45, 7) is 13.2. The van der Waals surface area contributed by atoms with Crippen molar-refractivity contribution < 1.29 is 4.74 Å². The van der Waals surface area contributed by atoms with Gasteiger partial charge in [-0.1, -0.05) is 0 Å². The van der Waals surface area contributed by atoms with Crippen LogP contribution in [0.2, 0.25) is 0 Å². The standard InChI is InChI=1S/C15H26N4O/c1-4-20-8-7-19-6-5-18(11-14(19)3)12-15-10-16-13(2)9-17-15/h9-10,14H,4-8,11-12H2,1-3H3/t14-/m0/s1. The van der Waals surface area contributed by atoms with E-state index in [9.17, 15) is 0 Å². The summed E-state index contributed by atoms with van der Waals surface area (Å²) >= 11 is 0. The summed E-state index contributed by atoms with van der Waals surface area (Å²) in [5, 5.41) is 0. The van der Waals surface area contributed by atoms with Crippen molar-refractivity contribution in [3.05, 3.63) is 23.8 Å². The summed E-state index contributed by atoms with van der Waals surface area (Å²) in [7, 11) is 0. The number of hydrogen-bond acceptors (Lipinski definition) is 5. The van der Waals surface area contributed by atoms with Crippen LogP contribution >= 0.6 is 0 Å². The molecule has 1 aromatic heterocycles. The zero-order valence-corrected chi connectivity index (χ0v) is 12.9. The number of ether oxygens (including phenoxy) is 1. The Morgan fingerprint density at radius 1 is 1.30 bits per heavy atom. The molecule has 2 heterocycles. The fourth-order valence-corrected chi connectivity index (χ4v) is 2.60. The molecule has 0 spiro atoms. The molecule has 0 saturated carbocycles. The largest absolute Gasteiger partial charge is 0.380 e. The van der Waals surface area contributed by atoms with Crippen molar-refractivity contribution in [3.63, 3.8) is 0 Å². The fraction of sp³-hybridized carbons (Fsp3) is 0.733. The molecule has 1 saturated heterocycles. The Bertz CT molecular complexity index is 395. The van der Waals surface area contributed by atoms with Crippen molar-refractivity contribution in [1.82, 2.24) is 19.8 Å². The maximum Gasteiger partial charge on any atom is 0.0727 e. The lowest BCUT2D eigenvalue weighted by Gasteiger charge is -2.39. The Morgan fingerprint density at radius 3 is 2.80 bits per heavy atom. The van der Waals surface area contributed by atoms with Gasteiger partial charge in [-0.15, -0.1) is 0 Å². The molecule has 112 valence electrons. The van der Waals surface area contributed by atoms with E-state index in [1.54, 1.807) is 0 Å². The molecule has 1 aliphatic rings. The van der Waals surface area contributed by atoms with Crippen LogP contribution in [0.15, 0.2) is 12.4 Å². The van der Waals surface area contributed by atoms with E-state index in [1.807, 2.05) is 26.2 Å². The maximum atomic E-state index is 5.44. The highest BCUT2D eigenvalue weighted by molar-refractivity contribution is 5.01. The second kappa shape index (κ2) is 7.67. The first kappa shape index (κ1) is 15.4. The van der Waals surface area contributed by atoms with Crippen LogP contribution in [0.1, 0.15) is 25.2 Å². The minimum Gasteiger partial charge on any atom is -0.380 e. The Kier molecular flexibility index (Phi) is 5.88. The van der Waals surface area contributed by atoms with E-state index in [0.717, 1.165) is 57.3 Å². The van der Waals surface area contributed by atoms with Gasteiger partial charge in [0.2, 0.25) is 0 Å². The van der Waals surface area contributed by atoms with E-state index in [4.69, 9.17) is 4.74 Å². The van der Waals surface area contributed by atoms with E-state index in [-0.39, 0.29) is 0 Å². The topological polar surface area (TPSA) is 41.5 Å². The molecule has 0 N–H and O–H groups in total. The first-order valence-corrected chi connectivity index (χ1v) is 7.50. The number of rotatable bonds is 6. The van der Waals surface area contributed by atoms with Gasteiger partial charge in [-0.25, -0.2) is 0 Å². The number of nitrogens with zero attached hydrogens (tertiary/aromatic N) is 4. The Hall–Kier alpha value is -1.04. The third kappa shape index (κ3) is 4.51. The maximum absolute atomic E-state index is 5.44. The molecular formula is C15H26N4O. The molecule has 0 unspecified atom stereocenters. The van der Waals surface area contributed by atoms with E-state index in [1.165, 1.54) is 0 Å². The molecule has 5 nitrogen and oxygen atoms in total. The highest BCUT2D eigenvalue weighted by atomic mass is 16.5. The molecule has 0 bridgehead atoms. The van der Waals surface area contributed by atoms with Gasteiger partial charge in [-0.3, -0.25) is 19.8 Å². The minimum absolute atomic E-state index is 0.572. The monoisotopic (exact) mass is 278 g/mol. The predicted molar refractivity (Wildman–Crippen MR) is 79.6 cm³/mol. The average molecular weight is 278 g/mol. The molecule has 0 amide bonds. The summed E-state index contributed by atoms with van der Waals surface area (Å²) in [6, 6.07) is 0.572. The van der Waals surface area contributed by atoms with Crippen LogP contribution in [-0.4, -0.2) is 65.2 Å². The zero-order chi connectivity index (χ0) is 14.4. The molecule has 1 atom stereocenters. The van der Waals surface area contributed by atoms with E-state index in [2.05, 4.69) is 26.7 Å². The molecular weight excluding hydrogens is 252 g/mol. The van der Waals surface area contributed by atoms with Gasteiger partial charge in [0.05, 0.1) is 18.0 Å². The van der Waals surface area contributed by atoms with Crippen molar-refractivity contribution in [1.29, 1.82) is 0 Å². The van der Waals surface area contributed by atoms with Crippen molar-refractivity contribution >= 4 is 0 Å². The first-order chi connectivity index (χ1) is 9.69. The molecule has 5 heteroatoms. The smallest absolute Gasteiger partial charge is 0.0727 e. The Balaban J connectivity index is 1.78. The third-order valence-corrected chi connectivity index (χ3v) is 3.80. The lowest BCUT2D eigenvalue weighted by atomic mass is 10.2. The van der Waals surface area contributed by atoms with Gasteiger partial charge in [0.25, 0.3) is 0 Å². The van der Waals surface area contributed by atoms with Crippen molar-refractivity contribution in [3.8, 4) is 0 Å².